The van der Waals surface area contributed by atoms with Gasteiger partial charge in [0.25, 0.3) is 0 Å². The molecule has 140 valence electrons. The van der Waals surface area contributed by atoms with Crippen molar-refractivity contribution in [1.82, 2.24) is 10.6 Å². The summed E-state index contributed by atoms with van der Waals surface area (Å²) in [5.74, 6) is 0. The average Bonchev–Trinajstić information content (AvgIpc) is 3.08. The number of benzene rings is 1. The highest BCUT2D eigenvalue weighted by molar-refractivity contribution is 5.73. The molecule has 1 aromatic rings. The highest BCUT2D eigenvalue weighted by Crippen LogP contribution is 2.41. The van der Waals surface area contributed by atoms with Gasteiger partial charge in [0.1, 0.15) is 0 Å². The molecule has 2 atom stereocenters. The van der Waals surface area contributed by atoms with E-state index in [-0.39, 0.29) is 18.2 Å². The monoisotopic (exact) mass is 360 g/mol. The normalized spacial score (nSPS) is 20.1. The number of alkyl halides is 3. The zero-order chi connectivity index (χ0) is 18.3. The molecule has 0 bridgehead atoms. The second-order valence-corrected chi connectivity index (χ2v) is 6.08. The van der Waals surface area contributed by atoms with Gasteiger partial charge in [-0.2, -0.15) is 13.2 Å². The van der Waals surface area contributed by atoms with Gasteiger partial charge in [-0.1, -0.05) is 30.3 Å². The molecule has 1 aromatic carbocycles. The first-order valence-corrected chi connectivity index (χ1v) is 8.31. The van der Waals surface area contributed by atoms with Crippen molar-refractivity contribution < 1.29 is 27.8 Å². The molecule has 0 spiro atoms. The van der Waals surface area contributed by atoms with Crippen LogP contribution < -0.4 is 10.6 Å². The molecule has 0 saturated carbocycles. The average molecular weight is 360 g/mol. The van der Waals surface area contributed by atoms with Crippen molar-refractivity contribution in [3.05, 3.63) is 35.9 Å². The van der Waals surface area contributed by atoms with E-state index in [4.69, 9.17) is 4.74 Å². The first-order valence-electron chi connectivity index (χ1n) is 8.31. The van der Waals surface area contributed by atoms with Crippen LogP contribution >= 0.6 is 0 Å². The topological polar surface area (TPSA) is 70.6 Å². The lowest BCUT2D eigenvalue weighted by Crippen LogP contribution is -2.46. The van der Waals surface area contributed by atoms with Crippen LogP contribution in [0.2, 0.25) is 0 Å². The quantitative estimate of drug-likeness (QED) is 0.700. The number of halogens is 3. The predicted octanol–water partition coefficient (Wildman–Crippen LogP) is 2.69. The highest BCUT2D eigenvalue weighted by atomic mass is 19.4. The van der Waals surface area contributed by atoms with E-state index in [0.717, 1.165) is 19.4 Å². The van der Waals surface area contributed by atoms with Crippen LogP contribution in [0.3, 0.4) is 0 Å². The van der Waals surface area contributed by atoms with E-state index in [9.17, 15) is 23.1 Å². The van der Waals surface area contributed by atoms with Gasteiger partial charge in [0, 0.05) is 26.1 Å². The summed E-state index contributed by atoms with van der Waals surface area (Å²) < 4.78 is 45.3. The van der Waals surface area contributed by atoms with Gasteiger partial charge in [-0.05, 0) is 24.8 Å². The molecule has 0 aliphatic carbocycles. The Kier molecular flexibility index (Phi) is 6.66. The minimum Gasteiger partial charge on any atom is -0.378 e. The van der Waals surface area contributed by atoms with E-state index in [1.807, 2.05) is 0 Å². The summed E-state index contributed by atoms with van der Waals surface area (Å²) in [4.78, 5) is 11.7. The lowest BCUT2D eigenvalue weighted by molar-refractivity contribution is -0.268. The number of carbonyl (C=O) groups excluding carboxylic acids is 1. The second kappa shape index (κ2) is 8.53. The molecule has 3 N–H and O–H groups in total. The Morgan fingerprint density at radius 2 is 1.88 bits per heavy atom. The molecule has 1 fully saturated rings. The molecule has 1 aliphatic heterocycles. The zero-order valence-corrected chi connectivity index (χ0v) is 13.8. The minimum atomic E-state index is -4.84. The van der Waals surface area contributed by atoms with Crippen LogP contribution in [0, 0.1) is 0 Å². The van der Waals surface area contributed by atoms with Crippen LogP contribution in [0.1, 0.15) is 31.2 Å². The van der Waals surface area contributed by atoms with Gasteiger partial charge >= 0.3 is 12.2 Å². The maximum atomic E-state index is 13.3. The van der Waals surface area contributed by atoms with E-state index in [2.05, 4.69) is 10.6 Å². The number of nitrogens with one attached hydrogen (secondary N) is 2. The van der Waals surface area contributed by atoms with Crippen molar-refractivity contribution in [1.29, 1.82) is 0 Å². The molecule has 8 heteroatoms. The Labute approximate surface area is 144 Å². The molecule has 2 unspecified atom stereocenters. The molecular formula is C17H23F3N2O3. The van der Waals surface area contributed by atoms with Crippen LogP contribution in [-0.2, 0) is 10.3 Å². The summed E-state index contributed by atoms with van der Waals surface area (Å²) in [7, 11) is 0. The van der Waals surface area contributed by atoms with Crippen LogP contribution in [0.4, 0.5) is 18.0 Å². The van der Waals surface area contributed by atoms with Gasteiger partial charge in [-0.3, -0.25) is 0 Å². The van der Waals surface area contributed by atoms with Crippen molar-refractivity contribution in [3.63, 3.8) is 0 Å². The lowest BCUT2D eigenvalue weighted by Gasteiger charge is -2.31. The van der Waals surface area contributed by atoms with E-state index < -0.39 is 24.2 Å². The first-order chi connectivity index (χ1) is 11.8. The van der Waals surface area contributed by atoms with Gasteiger partial charge in [0.05, 0.1) is 6.10 Å². The summed E-state index contributed by atoms with van der Waals surface area (Å²) in [6, 6.07) is 6.30. The summed E-state index contributed by atoms with van der Waals surface area (Å²) in [6.45, 7) is 0.807. The number of aliphatic hydroxyl groups is 1. The number of hydrogen-bond donors (Lipinski definition) is 3. The van der Waals surface area contributed by atoms with Crippen LogP contribution in [0.25, 0.3) is 0 Å². The standard InChI is InChI=1S/C17H23F3N2O3/c18-17(19,20)16(24,13-5-2-1-3-6-13)9-11-22-15(23)21-10-8-14-7-4-12-25-14/h1-3,5-6,14,24H,4,7-12H2,(H2,21,22,23). The Morgan fingerprint density at radius 3 is 2.48 bits per heavy atom. The molecule has 1 aliphatic rings. The maximum Gasteiger partial charge on any atom is 0.421 e. The zero-order valence-electron chi connectivity index (χ0n) is 13.8. The van der Waals surface area contributed by atoms with E-state index >= 15 is 0 Å². The highest BCUT2D eigenvalue weighted by Gasteiger charge is 2.54. The van der Waals surface area contributed by atoms with Gasteiger partial charge < -0.3 is 20.5 Å². The number of amides is 2. The third kappa shape index (κ3) is 5.34. The third-order valence-electron chi connectivity index (χ3n) is 4.27. The van der Waals surface area contributed by atoms with Crippen molar-refractivity contribution in [2.45, 2.75) is 43.6 Å². The first kappa shape index (κ1) is 19.5. The van der Waals surface area contributed by atoms with Crippen molar-refractivity contribution in [3.8, 4) is 0 Å². The summed E-state index contributed by atoms with van der Waals surface area (Å²) in [6.07, 6.45) is -2.74. The van der Waals surface area contributed by atoms with E-state index in [0.29, 0.717) is 13.0 Å². The molecule has 5 nitrogen and oxygen atoms in total. The molecule has 1 heterocycles. The molecule has 0 aromatic heterocycles. The second-order valence-electron chi connectivity index (χ2n) is 6.08. The molecule has 25 heavy (non-hydrogen) atoms. The fourth-order valence-electron chi connectivity index (χ4n) is 2.80. The van der Waals surface area contributed by atoms with Gasteiger partial charge in [0.15, 0.2) is 5.60 Å². The van der Waals surface area contributed by atoms with Gasteiger partial charge in [-0.25, -0.2) is 4.79 Å². The van der Waals surface area contributed by atoms with Crippen molar-refractivity contribution >= 4 is 6.03 Å². The molecule has 0 radical (unpaired) electrons. The van der Waals surface area contributed by atoms with Crippen LogP contribution in [0.15, 0.2) is 30.3 Å². The smallest absolute Gasteiger partial charge is 0.378 e. The minimum absolute atomic E-state index is 0.133. The number of ether oxygens (including phenoxy) is 1. The molecular weight excluding hydrogens is 337 g/mol. The number of hydrogen-bond acceptors (Lipinski definition) is 3. The number of rotatable bonds is 7. The third-order valence-corrected chi connectivity index (χ3v) is 4.27. The molecule has 2 amide bonds. The van der Waals surface area contributed by atoms with Crippen molar-refractivity contribution in [2.24, 2.45) is 0 Å². The van der Waals surface area contributed by atoms with E-state index in [1.54, 1.807) is 6.07 Å². The predicted molar refractivity (Wildman–Crippen MR) is 86.0 cm³/mol. The lowest BCUT2D eigenvalue weighted by atomic mass is 9.89. The fourth-order valence-corrected chi connectivity index (χ4v) is 2.80. The van der Waals surface area contributed by atoms with Crippen molar-refractivity contribution in [2.75, 3.05) is 19.7 Å². The largest absolute Gasteiger partial charge is 0.421 e. The Morgan fingerprint density at radius 1 is 1.20 bits per heavy atom. The van der Waals surface area contributed by atoms with Crippen LogP contribution in [-0.4, -0.2) is 43.1 Å². The van der Waals surface area contributed by atoms with Gasteiger partial charge in [0.2, 0.25) is 0 Å². The SMILES string of the molecule is O=C(NCCC1CCCO1)NCCC(O)(c1ccccc1)C(F)(F)F. The Hall–Kier alpha value is -1.80. The summed E-state index contributed by atoms with van der Waals surface area (Å²) >= 11 is 0. The fraction of sp³-hybridized carbons (Fsp3) is 0.588. The maximum absolute atomic E-state index is 13.3. The number of urea groups is 1. The van der Waals surface area contributed by atoms with Crippen LogP contribution in [0.5, 0.6) is 0 Å². The van der Waals surface area contributed by atoms with Gasteiger partial charge in [-0.15, -0.1) is 0 Å². The summed E-state index contributed by atoms with van der Waals surface area (Å²) in [5, 5.41) is 15.1. The Bertz CT molecular complexity index is 548. The number of carbonyl (C=O) groups is 1. The molecule has 2 rings (SSSR count). The molecule has 1 saturated heterocycles. The summed E-state index contributed by atoms with van der Waals surface area (Å²) in [5.41, 5.74) is -3.25. The van der Waals surface area contributed by atoms with E-state index in [1.165, 1.54) is 24.3 Å². The Balaban J connectivity index is 1.79.